The van der Waals surface area contributed by atoms with Crippen LogP contribution in [0.2, 0.25) is 0 Å². The molecular formula is C19H19NO4. The Kier molecular flexibility index (Phi) is 4.51. The molecule has 5 nitrogen and oxygen atoms in total. The molecule has 1 heterocycles. The Bertz CT molecular complexity index is 754. The largest absolute Gasteiger partial charge is 0.497 e. The third-order valence-corrected chi connectivity index (χ3v) is 4.08. The van der Waals surface area contributed by atoms with Gasteiger partial charge in [0.2, 0.25) is 0 Å². The second kappa shape index (κ2) is 6.74. The predicted molar refractivity (Wildman–Crippen MR) is 88.7 cm³/mol. The highest BCUT2D eigenvalue weighted by atomic mass is 16.5. The molecule has 0 fully saturated rings. The van der Waals surface area contributed by atoms with E-state index in [2.05, 4.69) is 0 Å². The zero-order valence-corrected chi connectivity index (χ0v) is 13.7. The molecule has 1 aliphatic heterocycles. The zero-order chi connectivity index (χ0) is 17.1. The second-order valence-electron chi connectivity index (χ2n) is 5.52. The van der Waals surface area contributed by atoms with Crippen molar-refractivity contribution in [3.05, 3.63) is 65.2 Å². The molecule has 0 N–H and O–H groups in total. The first-order valence-corrected chi connectivity index (χ1v) is 7.85. The number of carbonyl (C=O) groups is 2. The fourth-order valence-corrected chi connectivity index (χ4v) is 2.94. The average molecular weight is 325 g/mol. The van der Waals surface area contributed by atoms with Crippen molar-refractivity contribution < 1.29 is 19.1 Å². The molecule has 0 spiro atoms. The lowest BCUT2D eigenvalue weighted by molar-refractivity contribution is -0.148. The third-order valence-electron chi connectivity index (χ3n) is 4.08. The summed E-state index contributed by atoms with van der Waals surface area (Å²) < 4.78 is 10.3. The van der Waals surface area contributed by atoms with Gasteiger partial charge in [0.05, 0.1) is 13.7 Å². The fraction of sp³-hybridized carbons (Fsp3) is 0.263. The van der Waals surface area contributed by atoms with E-state index in [0.717, 1.165) is 11.3 Å². The summed E-state index contributed by atoms with van der Waals surface area (Å²) in [4.78, 5) is 26.7. The fourth-order valence-electron chi connectivity index (χ4n) is 2.94. The molecular weight excluding hydrogens is 306 g/mol. The molecule has 5 heteroatoms. The lowest BCUT2D eigenvalue weighted by atomic mass is 10.0. The maximum absolute atomic E-state index is 12.7. The highest BCUT2D eigenvalue weighted by Gasteiger charge is 2.41. The Morgan fingerprint density at radius 3 is 2.50 bits per heavy atom. The van der Waals surface area contributed by atoms with Crippen LogP contribution in [0.4, 0.5) is 0 Å². The molecule has 2 aromatic carbocycles. The summed E-state index contributed by atoms with van der Waals surface area (Å²) in [6.45, 7) is 2.37. The first-order chi connectivity index (χ1) is 11.7. The van der Waals surface area contributed by atoms with Crippen molar-refractivity contribution in [3.8, 4) is 5.75 Å². The van der Waals surface area contributed by atoms with E-state index in [-0.39, 0.29) is 12.5 Å². The van der Waals surface area contributed by atoms with Gasteiger partial charge in [-0.2, -0.15) is 0 Å². The number of esters is 1. The van der Waals surface area contributed by atoms with Crippen LogP contribution in [-0.2, 0) is 16.1 Å². The van der Waals surface area contributed by atoms with E-state index < -0.39 is 12.0 Å². The van der Waals surface area contributed by atoms with Gasteiger partial charge in [-0.1, -0.05) is 30.3 Å². The number of carbonyl (C=O) groups excluding carboxylic acids is 2. The molecule has 0 saturated heterocycles. The minimum Gasteiger partial charge on any atom is -0.497 e. The van der Waals surface area contributed by atoms with Crippen LogP contribution in [0.5, 0.6) is 5.75 Å². The number of methoxy groups -OCH3 is 1. The number of hydrogen-bond donors (Lipinski definition) is 0. The minimum atomic E-state index is -0.698. The van der Waals surface area contributed by atoms with Crippen LogP contribution in [-0.4, -0.2) is 30.5 Å². The molecule has 0 saturated carbocycles. The molecule has 1 aliphatic rings. The van der Waals surface area contributed by atoms with Gasteiger partial charge in [-0.3, -0.25) is 4.79 Å². The van der Waals surface area contributed by atoms with Gasteiger partial charge in [0.25, 0.3) is 5.91 Å². The van der Waals surface area contributed by atoms with Crippen LogP contribution in [0.25, 0.3) is 0 Å². The van der Waals surface area contributed by atoms with Crippen LogP contribution >= 0.6 is 0 Å². The molecule has 3 rings (SSSR count). The van der Waals surface area contributed by atoms with Crippen LogP contribution in [0.1, 0.15) is 34.5 Å². The summed E-state index contributed by atoms with van der Waals surface area (Å²) in [7, 11) is 1.60. The van der Waals surface area contributed by atoms with Crippen LogP contribution in [0, 0.1) is 0 Å². The molecule has 0 bridgehead atoms. The monoisotopic (exact) mass is 325 g/mol. The molecule has 124 valence electrons. The van der Waals surface area contributed by atoms with Crippen LogP contribution < -0.4 is 4.74 Å². The Hall–Kier alpha value is -2.82. The lowest BCUT2D eigenvalue weighted by Crippen LogP contribution is -2.33. The van der Waals surface area contributed by atoms with Crippen LogP contribution in [0.3, 0.4) is 0 Å². The molecule has 0 radical (unpaired) electrons. The molecule has 0 aromatic heterocycles. The summed E-state index contributed by atoms with van der Waals surface area (Å²) in [5, 5.41) is 0. The van der Waals surface area contributed by atoms with E-state index in [4.69, 9.17) is 9.47 Å². The molecule has 0 aliphatic carbocycles. The van der Waals surface area contributed by atoms with Gasteiger partial charge >= 0.3 is 5.97 Å². The Morgan fingerprint density at radius 1 is 1.12 bits per heavy atom. The molecule has 1 amide bonds. The number of nitrogens with zero attached hydrogens (tertiary/aromatic N) is 1. The third kappa shape index (κ3) is 2.85. The van der Waals surface area contributed by atoms with Gasteiger partial charge in [-0.05, 0) is 36.2 Å². The zero-order valence-electron chi connectivity index (χ0n) is 13.7. The normalized spacial score (nSPS) is 16.0. The minimum absolute atomic E-state index is 0.153. The highest BCUT2D eigenvalue weighted by molar-refractivity contribution is 6.03. The van der Waals surface area contributed by atoms with Gasteiger partial charge in [-0.15, -0.1) is 0 Å². The summed E-state index contributed by atoms with van der Waals surface area (Å²) >= 11 is 0. The van der Waals surface area contributed by atoms with E-state index in [1.165, 1.54) is 0 Å². The smallest absolute Gasteiger partial charge is 0.333 e. The number of benzene rings is 2. The number of amides is 1. The molecule has 2 aromatic rings. The summed E-state index contributed by atoms with van der Waals surface area (Å²) in [6.07, 6.45) is 0. The van der Waals surface area contributed by atoms with E-state index in [9.17, 15) is 9.59 Å². The maximum atomic E-state index is 12.7. The van der Waals surface area contributed by atoms with Gasteiger partial charge in [-0.25, -0.2) is 4.79 Å². The Morgan fingerprint density at radius 2 is 1.83 bits per heavy atom. The lowest BCUT2D eigenvalue weighted by Gasteiger charge is -2.24. The van der Waals surface area contributed by atoms with E-state index in [1.807, 2.05) is 36.4 Å². The first-order valence-electron chi connectivity index (χ1n) is 7.85. The van der Waals surface area contributed by atoms with Crippen molar-refractivity contribution in [2.24, 2.45) is 0 Å². The van der Waals surface area contributed by atoms with Crippen LogP contribution in [0.15, 0.2) is 48.5 Å². The quantitative estimate of drug-likeness (QED) is 0.793. The Labute approximate surface area is 140 Å². The number of fused-ring (bicyclic) bond motifs is 1. The molecule has 1 atom stereocenters. The summed E-state index contributed by atoms with van der Waals surface area (Å²) in [6, 6.07) is 13.9. The van der Waals surface area contributed by atoms with Crippen molar-refractivity contribution in [1.29, 1.82) is 0 Å². The summed E-state index contributed by atoms with van der Waals surface area (Å²) in [5.74, 6) is 0.195. The summed E-state index contributed by atoms with van der Waals surface area (Å²) in [5.41, 5.74) is 2.18. The van der Waals surface area contributed by atoms with Gasteiger partial charge in [0, 0.05) is 12.1 Å². The number of ether oxygens (including phenoxy) is 2. The molecule has 1 unspecified atom stereocenters. The first kappa shape index (κ1) is 16.1. The van der Waals surface area contributed by atoms with Crippen molar-refractivity contribution in [2.45, 2.75) is 19.5 Å². The number of rotatable bonds is 5. The van der Waals surface area contributed by atoms with E-state index in [0.29, 0.717) is 17.7 Å². The second-order valence-corrected chi connectivity index (χ2v) is 5.52. The van der Waals surface area contributed by atoms with Gasteiger partial charge < -0.3 is 14.4 Å². The van der Waals surface area contributed by atoms with Crippen molar-refractivity contribution >= 4 is 11.9 Å². The van der Waals surface area contributed by atoms with Crippen molar-refractivity contribution in [3.63, 3.8) is 0 Å². The average Bonchev–Trinajstić information content (AvgIpc) is 2.88. The predicted octanol–water partition coefficient (Wildman–Crippen LogP) is 2.96. The number of hydrogen-bond acceptors (Lipinski definition) is 4. The van der Waals surface area contributed by atoms with E-state index in [1.54, 1.807) is 31.1 Å². The SMILES string of the molecule is CCOC(=O)C1c2ccccc2C(=O)N1Cc1ccc(OC)cc1. The maximum Gasteiger partial charge on any atom is 0.333 e. The topological polar surface area (TPSA) is 55.8 Å². The van der Waals surface area contributed by atoms with Crippen molar-refractivity contribution in [1.82, 2.24) is 4.90 Å². The Balaban J connectivity index is 1.92. The van der Waals surface area contributed by atoms with E-state index >= 15 is 0 Å². The van der Waals surface area contributed by atoms with Crippen molar-refractivity contribution in [2.75, 3.05) is 13.7 Å². The molecule has 24 heavy (non-hydrogen) atoms. The standard InChI is InChI=1S/C19H19NO4/c1-3-24-19(22)17-15-6-4-5-7-16(15)18(21)20(17)12-13-8-10-14(23-2)11-9-13/h4-11,17H,3,12H2,1-2H3. The highest BCUT2D eigenvalue weighted by Crippen LogP contribution is 2.35. The van der Waals surface area contributed by atoms with Gasteiger partial charge in [0.15, 0.2) is 6.04 Å². The van der Waals surface area contributed by atoms with Gasteiger partial charge in [0.1, 0.15) is 5.75 Å².